The van der Waals surface area contributed by atoms with Crippen molar-refractivity contribution < 1.29 is 18.1 Å². The largest absolute Gasteiger partial charge is 0.347 e. The van der Waals surface area contributed by atoms with Crippen molar-refractivity contribution in [1.29, 1.82) is 0 Å². The molecule has 114 valence electrons. The van der Waals surface area contributed by atoms with Crippen molar-refractivity contribution in [3.05, 3.63) is 32.8 Å². The van der Waals surface area contributed by atoms with Crippen molar-refractivity contribution in [3.63, 3.8) is 0 Å². The second kappa shape index (κ2) is 5.11. The van der Waals surface area contributed by atoms with Crippen LogP contribution in [0.2, 0.25) is 5.02 Å². The monoisotopic (exact) mass is 352 g/mol. The van der Waals surface area contributed by atoms with Crippen molar-refractivity contribution in [2.24, 2.45) is 0 Å². The molecule has 1 saturated carbocycles. The summed E-state index contributed by atoms with van der Waals surface area (Å²) in [6, 6.07) is 1.65. The van der Waals surface area contributed by atoms with Crippen molar-refractivity contribution in [3.8, 4) is 0 Å². The number of benzene rings is 1. The lowest BCUT2D eigenvalue weighted by Gasteiger charge is -2.13. The minimum absolute atomic E-state index is 0.293. The summed E-state index contributed by atoms with van der Waals surface area (Å²) in [7, 11) is 0.878. The molecule has 1 N–H and O–H groups in total. The van der Waals surface area contributed by atoms with Gasteiger partial charge in [0, 0.05) is 28.4 Å². The molecule has 7 nitrogen and oxygen atoms in total. The number of carbonyl (C=O) groups excluding carboxylic acids is 1. The van der Waals surface area contributed by atoms with Crippen molar-refractivity contribution in [2.75, 3.05) is 0 Å². The zero-order chi connectivity index (χ0) is 16.0. The summed E-state index contributed by atoms with van der Waals surface area (Å²) in [6.45, 7) is 1.80. The summed E-state index contributed by atoms with van der Waals surface area (Å²) >= 11 is 5.87. The Balaban J connectivity index is 2.56. The van der Waals surface area contributed by atoms with Crippen LogP contribution in [0.3, 0.4) is 0 Å². The lowest BCUT2D eigenvalue weighted by atomic mass is 10.1. The van der Waals surface area contributed by atoms with Crippen LogP contribution in [0.4, 0.5) is 5.69 Å². The number of non-ortho nitro benzene ring substituents is 1. The van der Waals surface area contributed by atoms with Gasteiger partial charge in [0.1, 0.15) is 4.90 Å². The molecule has 0 saturated heterocycles. The van der Waals surface area contributed by atoms with E-state index in [2.05, 4.69) is 5.32 Å². The lowest BCUT2D eigenvalue weighted by molar-refractivity contribution is -0.385. The van der Waals surface area contributed by atoms with Gasteiger partial charge in [0.05, 0.1) is 15.5 Å². The molecule has 10 heteroatoms. The molecule has 0 radical (unpaired) electrons. The van der Waals surface area contributed by atoms with E-state index in [0.29, 0.717) is 0 Å². The first-order valence-corrected chi connectivity index (χ1v) is 8.47. The molecule has 1 aromatic rings. The topological polar surface area (TPSA) is 106 Å². The first kappa shape index (κ1) is 16.0. The molecule has 0 atom stereocenters. The van der Waals surface area contributed by atoms with Gasteiger partial charge in [-0.1, -0.05) is 11.6 Å². The number of carbonyl (C=O) groups is 1. The third-order valence-electron chi connectivity index (χ3n) is 3.16. The molecule has 1 amide bonds. The molecule has 1 aromatic carbocycles. The molecule has 0 aliphatic heterocycles. The molecule has 0 unspecified atom stereocenters. The van der Waals surface area contributed by atoms with Crippen molar-refractivity contribution >= 4 is 42.9 Å². The Morgan fingerprint density at radius 2 is 2.00 bits per heavy atom. The van der Waals surface area contributed by atoms with E-state index in [-0.39, 0.29) is 11.1 Å². The van der Waals surface area contributed by atoms with Gasteiger partial charge in [-0.2, -0.15) is 0 Å². The van der Waals surface area contributed by atoms with Crippen molar-refractivity contribution in [2.45, 2.75) is 30.2 Å². The van der Waals surface area contributed by atoms with Gasteiger partial charge in [-0.15, -0.1) is 0 Å². The Kier molecular flexibility index (Phi) is 3.90. The van der Waals surface area contributed by atoms with Gasteiger partial charge in [-0.05, 0) is 19.8 Å². The fraction of sp³-hybridized carbons (Fsp3) is 0.364. The van der Waals surface area contributed by atoms with Crippen LogP contribution in [-0.4, -0.2) is 24.8 Å². The third kappa shape index (κ3) is 3.45. The van der Waals surface area contributed by atoms with E-state index in [1.807, 2.05) is 0 Å². The van der Waals surface area contributed by atoms with Gasteiger partial charge in [0.2, 0.25) is 0 Å². The lowest BCUT2D eigenvalue weighted by Crippen LogP contribution is -2.34. The zero-order valence-corrected chi connectivity index (χ0v) is 13.0. The highest BCUT2D eigenvalue weighted by Crippen LogP contribution is 2.36. The van der Waals surface area contributed by atoms with Gasteiger partial charge in [-0.25, -0.2) is 8.42 Å². The van der Waals surface area contributed by atoms with E-state index >= 15 is 0 Å². The summed E-state index contributed by atoms with van der Waals surface area (Å²) < 4.78 is 22.9. The third-order valence-corrected chi connectivity index (χ3v) is 5.02. The van der Waals surface area contributed by atoms with Gasteiger partial charge in [-0.3, -0.25) is 14.9 Å². The fourth-order valence-corrected chi connectivity index (χ4v) is 3.25. The highest BCUT2D eigenvalue weighted by Gasteiger charge is 2.39. The molecule has 0 bridgehead atoms. The highest BCUT2D eigenvalue weighted by molar-refractivity contribution is 8.13. The van der Waals surface area contributed by atoms with Crippen molar-refractivity contribution in [1.82, 2.24) is 5.32 Å². The van der Waals surface area contributed by atoms with E-state index in [1.54, 1.807) is 6.92 Å². The zero-order valence-electron chi connectivity index (χ0n) is 10.7. The molecule has 1 aliphatic carbocycles. The Bertz CT molecular complexity index is 743. The highest BCUT2D eigenvalue weighted by atomic mass is 35.7. The Hall–Kier alpha value is -1.38. The summed E-state index contributed by atoms with van der Waals surface area (Å²) in [6.07, 6.45) is 1.54. The maximum Gasteiger partial charge on any atom is 0.271 e. The predicted octanol–water partition coefficient (Wildman–Crippen LogP) is 2.46. The average molecular weight is 353 g/mol. The van der Waals surface area contributed by atoms with Gasteiger partial charge < -0.3 is 5.32 Å². The Morgan fingerprint density at radius 1 is 1.43 bits per heavy atom. The second-order valence-electron chi connectivity index (χ2n) is 5.02. The van der Waals surface area contributed by atoms with E-state index in [9.17, 15) is 23.3 Å². The summed E-state index contributed by atoms with van der Waals surface area (Å²) in [5.41, 5.74) is -1.26. The normalized spacial score (nSPS) is 16.3. The van der Waals surface area contributed by atoms with E-state index in [0.717, 1.165) is 25.0 Å². The Morgan fingerprint density at radius 3 is 2.43 bits per heavy atom. The van der Waals surface area contributed by atoms with Gasteiger partial charge >= 0.3 is 0 Å². The number of hydrogen-bond acceptors (Lipinski definition) is 5. The van der Waals surface area contributed by atoms with Crippen LogP contribution in [-0.2, 0) is 9.05 Å². The van der Waals surface area contributed by atoms with Gasteiger partial charge in [0.25, 0.3) is 20.6 Å². The minimum Gasteiger partial charge on any atom is -0.347 e. The fourth-order valence-electron chi connectivity index (χ4n) is 1.69. The number of nitro groups is 1. The Labute approximate surface area is 129 Å². The number of amides is 1. The number of hydrogen-bond donors (Lipinski definition) is 1. The molecule has 0 aromatic heterocycles. The smallest absolute Gasteiger partial charge is 0.271 e. The molecular formula is C11H10Cl2N2O5S. The van der Waals surface area contributed by atoms with Gasteiger partial charge in [0.15, 0.2) is 0 Å². The molecule has 0 heterocycles. The van der Waals surface area contributed by atoms with E-state index in [4.69, 9.17) is 22.3 Å². The van der Waals surface area contributed by atoms with Crippen LogP contribution in [0.15, 0.2) is 17.0 Å². The average Bonchev–Trinajstić information content (AvgIpc) is 3.04. The van der Waals surface area contributed by atoms with Crippen LogP contribution in [0.5, 0.6) is 0 Å². The maximum atomic E-state index is 12.1. The summed E-state index contributed by atoms with van der Waals surface area (Å²) in [5, 5.41) is 13.1. The predicted molar refractivity (Wildman–Crippen MR) is 76.3 cm³/mol. The van der Waals surface area contributed by atoms with Crippen LogP contribution < -0.4 is 5.32 Å². The second-order valence-corrected chi connectivity index (χ2v) is 7.93. The molecule has 21 heavy (non-hydrogen) atoms. The maximum absolute atomic E-state index is 12.1. The summed E-state index contributed by atoms with van der Waals surface area (Å²) in [4.78, 5) is 21.5. The molecule has 2 rings (SSSR count). The summed E-state index contributed by atoms with van der Waals surface area (Å²) in [5.74, 6) is -0.676. The molecule has 1 aliphatic rings. The molecule has 0 spiro atoms. The standard InChI is InChI=1S/C11H10Cl2N2O5S/c1-11(2-3-11)14-10(16)7-4-6(15(17)18)5-8(9(7)12)21(13,19)20/h4-5H,2-3H2,1H3,(H,14,16). The molecular weight excluding hydrogens is 343 g/mol. The first-order valence-electron chi connectivity index (χ1n) is 5.79. The molecule has 1 fully saturated rings. The first-order chi connectivity index (χ1) is 9.53. The minimum atomic E-state index is -4.32. The van der Waals surface area contributed by atoms with Crippen LogP contribution >= 0.6 is 22.3 Å². The number of nitrogens with zero attached hydrogens (tertiary/aromatic N) is 1. The number of halogens is 2. The van der Waals surface area contributed by atoms with Crippen LogP contribution in [0.1, 0.15) is 30.1 Å². The van der Waals surface area contributed by atoms with Crippen LogP contribution in [0.25, 0.3) is 0 Å². The van der Waals surface area contributed by atoms with Crippen LogP contribution in [0, 0.1) is 10.1 Å². The van der Waals surface area contributed by atoms with E-state index < -0.39 is 35.5 Å². The number of rotatable bonds is 4. The van der Waals surface area contributed by atoms with E-state index in [1.165, 1.54) is 0 Å². The quantitative estimate of drug-likeness (QED) is 0.508. The number of nitrogens with one attached hydrogen (secondary N) is 1. The number of nitro benzene ring substituents is 1. The SMILES string of the molecule is CC1(NC(=O)c2cc([N+](=O)[O-])cc(S(=O)(=O)Cl)c2Cl)CC1.